The molecule has 0 bridgehead atoms. The van der Waals surface area contributed by atoms with Crippen LogP contribution in [0.2, 0.25) is 0 Å². The van der Waals surface area contributed by atoms with Crippen molar-refractivity contribution in [1.29, 1.82) is 0 Å². The van der Waals surface area contributed by atoms with Crippen molar-refractivity contribution in [1.82, 2.24) is 35.0 Å². The molecule has 83 heavy (non-hydrogen) atoms. The number of hydrogen-bond donors (Lipinski definition) is 4. The number of likely N-dealkylation sites (tertiary alicyclic amines) is 1. The summed E-state index contributed by atoms with van der Waals surface area (Å²) in [5.41, 5.74) is 8.15. The molecule has 5 aromatic rings. The molecule has 20 nitrogen and oxygen atoms in total. The van der Waals surface area contributed by atoms with Gasteiger partial charge in [0.2, 0.25) is 23.7 Å². The van der Waals surface area contributed by atoms with E-state index in [1.165, 1.54) is 0 Å². The highest BCUT2D eigenvalue weighted by molar-refractivity contribution is 9.10. The third-order valence-electron chi connectivity index (χ3n) is 14.7. The van der Waals surface area contributed by atoms with Crippen molar-refractivity contribution in [3.05, 3.63) is 112 Å². The van der Waals surface area contributed by atoms with E-state index in [1.807, 2.05) is 110 Å². The first kappa shape index (κ1) is 62.8. The highest BCUT2D eigenvalue weighted by Gasteiger charge is 2.45. The van der Waals surface area contributed by atoms with Crippen molar-refractivity contribution in [3.8, 4) is 21.9 Å². The van der Waals surface area contributed by atoms with Gasteiger partial charge in [0.15, 0.2) is 0 Å². The van der Waals surface area contributed by atoms with Gasteiger partial charge < -0.3 is 68.9 Å². The Labute approximate surface area is 499 Å². The number of benzene rings is 3. The van der Waals surface area contributed by atoms with Crippen LogP contribution in [0.3, 0.4) is 0 Å². The molecule has 3 atom stereocenters. The molecule has 2 aromatic heterocycles. The second-order valence-corrected chi connectivity index (χ2v) is 22.8. The Bertz CT molecular complexity index is 2890. The average molecular weight is 1230 g/mol. The van der Waals surface area contributed by atoms with Crippen LogP contribution in [0.1, 0.15) is 68.3 Å². The second kappa shape index (κ2) is 32.2. The number of anilines is 3. The van der Waals surface area contributed by atoms with Crippen molar-refractivity contribution >= 4 is 68.1 Å². The molecule has 2 fully saturated rings. The van der Waals surface area contributed by atoms with Gasteiger partial charge in [-0.2, -0.15) is 4.98 Å². The molecular formula is C61H80BrN9O11S. The molecule has 4 heterocycles. The van der Waals surface area contributed by atoms with Crippen LogP contribution < -0.4 is 25.4 Å². The van der Waals surface area contributed by atoms with Gasteiger partial charge in [-0.15, -0.1) is 11.3 Å². The van der Waals surface area contributed by atoms with E-state index in [4.69, 9.17) is 33.2 Å². The number of aliphatic hydroxyl groups is 1. The van der Waals surface area contributed by atoms with Gasteiger partial charge >= 0.3 is 0 Å². The Kier molecular flexibility index (Phi) is 24.3. The number of fused-ring (bicyclic) bond motifs is 1. The highest BCUT2D eigenvalue weighted by atomic mass is 79.9. The van der Waals surface area contributed by atoms with Crippen LogP contribution in [0.4, 0.5) is 17.5 Å². The number of aryl methyl sites for hydroxylation is 1. The van der Waals surface area contributed by atoms with Crippen LogP contribution in [0.15, 0.2) is 89.5 Å². The molecule has 1 saturated carbocycles. The largest absolute Gasteiger partial charge is 0.491 e. The van der Waals surface area contributed by atoms with Crippen LogP contribution in [-0.2, 0) is 51.2 Å². The number of ether oxygens (including phenoxy) is 7. The molecule has 4 N–H and O–H groups in total. The SMILES string of the molecule is C=C1c2ccccc2CN1[C@H](C(=O)N1C[C@H](O)C[C@H]1C(=O)NCc1ccc(-c2scnc2C)cc1OCCOCCOCCOCCOCCOCCOc1ccc(Nc2ncc(Br)c(NCCCN(C)C(=O)C3CCC3)n2)cc1)C(C)C. The average Bonchev–Trinajstić information content (AvgIpc) is 3.78. The normalized spacial score (nSPS) is 16.2. The number of aliphatic hydroxyl groups excluding tert-OH is 1. The Morgan fingerprint density at radius 3 is 2.16 bits per heavy atom. The summed E-state index contributed by atoms with van der Waals surface area (Å²) in [7, 11) is 1.88. The first-order valence-electron chi connectivity index (χ1n) is 28.7. The minimum atomic E-state index is -0.833. The fourth-order valence-electron chi connectivity index (χ4n) is 10.1. The minimum absolute atomic E-state index is 0.0729. The zero-order valence-corrected chi connectivity index (χ0v) is 50.6. The van der Waals surface area contributed by atoms with Crippen LogP contribution in [-0.4, -0.2) is 177 Å². The third-order valence-corrected chi connectivity index (χ3v) is 16.3. The monoisotopic (exact) mass is 1230 g/mol. The van der Waals surface area contributed by atoms with E-state index in [2.05, 4.69) is 53.4 Å². The maximum Gasteiger partial charge on any atom is 0.246 e. The van der Waals surface area contributed by atoms with Gasteiger partial charge in [0.25, 0.3) is 0 Å². The topological polar surface area (TPSA) is 221 Å². The maximum absolute atomic E-state index is 14.4. The van der Waals surface area contributed by atoms with Gasteiger partial charge in [0.05, 0.1) is 92.7 Å². The van der Waals surface area contributed by atoms with E-state index < -0.39 is 18.2 Å². The maximum atomic E-state index is 14.4. The molecule has 3 aliphatic rings. The molecule has 448 valence electrons. The van der Waals surface area contributed by atoms with E-state index in [0.29, 0.717) is 116 Å². The zero-order chi connectivity index (χ0) is 58.5. The number of rotatable bonds is 35. The van der Waals surface area contributed by atoms with E-state index in [-0.39, 0.29) is 55.7 Å². The number of hydrogen-bond acceptors (Lipinski definition) is 18. The third kappa shape index (κ3) is 18.1. The first-order valence-corrected chi connectivity index (χ1v) is 30.4. The smallest absolute Gasteiger partial charge is 0.246 e. The van der Waals surface area contributed by atoms with Crippen LogP contribution >= 0.6 is 27.3 Å². The predicted molar refractivity (Wildman–Crippen MR) is 323 cm³/mol. The van der Waals surface area contributed by atoms with Gasteiger partial charge in [-0.3, -0.25) is 14.4 Å². The molecular weight excluding hydrogens is 1150 g/mol. The summed E-state index contributed by atoms with van der Waals surface area (Å²) in [6.45, 7) is 17.2. The number of halogens is 1. The summed E-state index contributed by atoms with van der Waals surface area (Å²) in [5, 5.41) is 20.4. The fraction of sp³-hybridized carbons (Fsp3) is 0.508. The summed E-state index contributed by atoms with van der Waals surface area (Å²) in [6.07, 6.45) is 5.01. The van der Waals surface area contributed by atoms with Crippen LogP contribution in [0.5, 0.6) is 11.5 Å². The number of nitrogens with one attached hydrogen (secondary N) is 3. The molecule has 1 saturated heterocycles. The molecule has 22 heteroatoms. The Morgan fingerprint density at radius 2 is 1.53 bits per heavy atom. The summed E-state index contributed by atoms with van der Waals surface area (Å²) >= 11 is 5.07. The van der Waals surface area contributed by atoms with E-state index in [0.717, 1.165) is 74.4 Å². The summed E-state index contributed by atoms with van der Waals surface area (Å²) in [4.78, 5) is 60.6. The van der Waals surface area contributed by atoms with E-state index in [9.17, 15) is 19.5 Å². The predicted octanol–water partition coefficient (Wildman–Crippen LogP) is 8.11. The quantitative estimate of drug-likeness (QED) is 0.0282. The summed E-state index contributed by atoms with van der Waals surface area (Å²) in [5.74, 6) is 2.30. The number of β-amino-alcohol motifs (C(OH)–C–C–N with tert-alkyl or cyclic N) is 1. The lowest BCUT2D eigenvalue weighted by molar-refractivity contribution is -0.143. The number of carbonyl (C=O) groups excluding carboxylic acids is 3. The molecule has 8 rings (SSSR count). The lowest BCUT2D eigenvalue weighted by atomic mass is 9.84. The van der Waals surface area contributed by atoms with Gasteiger partial charge in [-0.05, 0) is 89.5 Å². The minimum Gasteiger partial charge on any atom is -0.491 e. The number of amides is 3. The van der Waals surface area contributed by atoms with Crippen molar-refractivity contribution in [3.63, 3.8) is 0 Å². The number of carbonyl (C=O) groups is 3. The molecule has 1 aliphatic carbocycles. The fourth-order valence-corrected chi connectivity index (χ4v) is 11.2. The van der Waals surface area contributed by atoms with Crippen LogP contribution in [0.25, 0.3) is 16.1 Å². The Hall–Kier alpha value is -6.24. The lowest BCUT2D eigenvalue weighted by Crippen LogP contribution is -2.54. The lowest BCUT2D eigenvalue weighted by Gasteiger charge is -2.36. The summed E-state index contributed by atoms with van der Waals surface area (Å²) in [6, 6.07) is 20.0. The molecule has 3 amide bonds. The standard InChI is InChI=1S/C61H80BrN9O11S/c1-41(2)55(70-38-47-10-6-7-13-51(47)43(70)4)60(75)71-39-49(72)35-53(71)58(73)64-36-46-15-14-45(56-42(3)66-40-83-56)34-54(46)82-33-31-80-29-27-78-25-23-76-22-24-77-26-28-79-30-32-81-50-18-16-48(17-19-50)67-61-65-37-52(62)57(68-61)63-20-9-21-69(5)59(74)44-11-8-12-44/h6-7,10,13-19,34,37,40-41,44,49,53,55,72H,4,8-9,11-12,20-33,35-36,38-39H2,1-3,5H3,(H,64,73)(H2,63,65,67,68)/t49-,53+,55+/m1/s1. The summed E-state index contributed by atoms with van der Waals surface area (Å²) < 4.78 is 41.3. The Balaban J connectivity index is 0.647. The Morgan fingerprint density at radius 1 is 0.867 bits per heavy atom. The molecule has 0 radical (unpaired) electrons. The number of aromatic nitrogens is 3. The van der Waals surface area contributed by atoms with E-state index in [1.54, 1.807) is 22.4 Å². The van der Waals surface area contributed by atoms with E-state index >= 15 is 0 Å². The van der Waals surface area contributed by atoms with Crippen molar-refractivity contribution in [2.24, 2.45) is 11.8 Å². The molecule has 2 aliphatic heterocycles. The number of thiazole rings is 1. The van der Waals surface area contributed by atoms with Crippen molar-refractivity contribution in [2.45, 2.75) is 84.2 Å². The zero-order valence-electron chi connectivity index (χ0n) is 48.2. The second-order valence-electron chi connectivity index (χ2n) is 21.1. The van der Waals surface area contributed by atoms with Crippen LogP contribution in [0, 0.1) is 18.8 Å². The van der Waals surface area contributed by atoms with Gasteiger partial charge in [0.1, 0.15) is 42.6 Å². The number of nitrogens with zero attached hydrogens (tertiary/aromatic N) is 6. The van der Waals surface area contributed by atoms with Crippen molar-refractivity contribution < 1.29 is 52.6 Å². The van der Waals surface area contributed by atoms with Crippen molar-refractivity contribution in [2.75, 3.05) is 117 Å². The first-order chi connectivity index (χ1) is 40.3. The highest BCUT2D eigenvalue weighted by Crippen LogP contribution is 2.37. The van der Waals surface area contributed by atoms with Gasteiger partial charge in [-0.1, -0.05) is 63.2 Å². The molecule has 3 aromatic carbocycles. The molecule has 0 unspecified atom stereocenters. The van der Waals surface area contributed by atoms with Gasteiger partial charge in [0, 0.05) is 80.8 Å². The molecule has 0 spiro atoms. The van der Waals surface area contributed by atoms with Gasteiger partial charge in [-0.25, -0.2) is 9.97 Å².